The van der Waals surface area contributed by atoms with Crippen LogP contribution in [0.25, 0.3) is 0 Å². The van der Waals surface area contributed by atoms with Crippen LogP contribution < -0.4 is 20.2 Å². The second-order valence-corrected chi connectivity index (χ2v) is 9.09. The number of ether oxygens (including phenoxy) is 2. The van der Waals surface area contributed by atoms with Crippen molar-refractivity contribution in [3.63, 3.8) is 0 Å². The number of benzene rings is 3. The van der Waals surface area contributed by atoms with E-state index in [0.717, 1.165) is 10.0 Å². The van der Waals surface area contributed by atoms with E-state index in [4.69, 9.17) is 21.1 Å². The third kappa shape index (κ3) is 7.58. The number of rotatable bonds is 9. The molecule has 0 bridgehead atoms. The van der Waals surface area contributed by atoms with Gasteiger partial charge in [-0.1, -0.05) is 35.9 Å². The summed E-state index contributed by atoms with van der Waals surface area (Å²) in [6, 6.07) is 18.0. The lowest BCUT2D eigenvalue weighted by Crippen LogP contribution is -2.24. The first-order valence-corrected chi connectivity index (χ1v) is 11.9. The molecule has 0 saturated carbocycles. The van der Waals surface area contributed by atoms with E-state index in [1.54, 1.807) is 42.5 Å². The largest absolute Gasteiger partial charge is 0.493 e. The molecule has 0 aliphatic heterocycles. The predicted molar refractivity (Wildman–Crippen MR) is 140 cm³/mol. The SMILES string of the molecule is COc1cc(C=NNC(=O)CC(=O)Nc2ccccc2Br)cc(Br)c1OCc1ccc(Cl)cc1. The molecule has 176 valence electrons. The Balaban J connectivity index is 1.57. The number of carbonyl (C=O) groups is 2. The van der Waals surface area contributed by atoms with Crippen LogP contribution in [-0.2, 0) is 16.2 Å². The van der Waals surface area contributed by atoms with Crippen LogP contribution >= 0.6 is 43.5 Å². The van der Waals surface area contributed by atoms with Crippen LogP contribution in [0.3, 0.4) is 0 Å². The minimum Gasteiger partial charge on any atom is -0.493 e. The maximum atomic E-state index is 12.1. The molecule has 0 aromatic heterocycles. The highest BCUT2D eigenvalue weighted by Crippen LogP contribution is 2.37. The molecule has 0 aliphatic rings. The lowest BCUT2D eigenvalue weighted by molar-refractivity contribution is -0.126. The smallest absolute Gasteiger partial charge is 0.249 e. The molecule has 0 unspecified atom stereocenters. The Labute approximate surface area is 218 Å². The topological polar surface area (TPSA) is 89.0 Å². The van der Waals surface area contributed by atoms with Crippen molar-refractivity contribution in [2.75, 3.05) is 12.4 Å². The van der Waals surface area contributed by atoms with Gasteiger partial charge in [0.15, 0.2) is 11.5 Å². The highest BCUT2D eigenvalue weighted by molar-refractivity contribution is 9.11. The summed E-state index contributed by atoms with van der Waals surface area (Å²) in [6.07, 6.45) is 1.07. The summed E-state index contributed by atoms with van der Waals surface area (Å²) in [5, 5.41) is 7.24. The number of hydrazone groups is 1. The molecule has 2 N–H and O–H groups in total. The van der Waals surface area contributed by atoms with Gasteiger partial charge < -0.3 is 14.8 Å². The Kier molecular flexibility index (Phi) is 9.50. The first-order valence-electron chi connectivity index (χ1n) is 9.96. The molecule has 3 rings (SSSR count). The fourth-order valence-electron chi connectivity index (χ4n) is 2.81. The van der Waals surface area contributed by atoms with Crippen LogP contribution in [0.1, 0.15) is 17.5 Å². The summed E-state index contributed by atoms with van der Waals surface area (Å²) in [4.78, 5) is 24.1. The van der Waals surface area contributed by atoms with E-state index in [9.17, 15) is 9.59 Å². The normalized spacial score (nSPS) is 10.7. The first kappa shape index (κ1) is 25.7. The zero-order valence-corrected chi connectivity index (χ0v) is 21.9. The second-order valence-electron chi connectivity index (χ2n) is 6.95. The van der Waals surface area contributed by atoms with Gasteiger partial charge in [-0.15, -0.1) is 0 Å². The molecule has 7 nitrogen and oxygen atoms in total. The van der Waals surface area contributed by atoms with Gasteiger partial charge in [0.2, 0.25) is 11.8 Å². The minimum absolute atomic E-state index is 0.331. The van der Waals surface area contributed by atoms with E-state index in [2.05, 4.69) is 47.7 Å². The third-order valence-corrected chi connectivity index (χ3v) is 5.95. The number of hydrogen-bond donors (Lipinski definition) is 2. The maximum Gasteiger partial charge on any atom is 0.249 e. The van der Waals surface area contributed by atoms with Crippen LogP contribution in [0.4, 0.5) is 5.69 Å². The van der Waals surface area contributed by atoms with Gasteiger partial charge in [-0.05, 0) is 79.4 Å². The summed E-state index contributed by atoms with van der Waals surface area (Å²) in [7, 11) is 1.53. The molecule has 3 aromatic carbocycles. The number of nitrogens with one attached hydrogen (secondary N) is 2. The van der Waals surface area contributed by atoms with E-state index in [1.165, 1.54) is 13.3 Å². The van der Waals surface area contributed by atoms with Gasteiger partial charge in [-0.25, -0.2) is 5.43 Å². The van der Waals surface area contributed by atoms with Crippen molar-refractivity contribution in [1.29, 1.82) is 0 Å². The van der Waals surface area contributed by atoms with Gasteiger partial charge in [-0.2, -0.15) is 5.10 Å². The van der Waals surface area contributed by atoms with E-state index in [-0.39, 0.29) is 6.42 Å². The summed E-state index contributed by atoms with van der Waals surface area (Å²) >= 11 is 12.7. The molecule has 0 atom stereocenters. The number of hydrogen-bond acceptors (Lipinski definition) is 5. The summed E-state index contributed by atoms with van der Waals surface area (Å²) in [6.45, 7) is 0.331. The van der Waals surface area contributed by atoms with Crippen molar-refractivity contribution in [3.05, 3.63) is 85.8 Å². The number of para-hydroxylation sites is 1. The van der Waals surface area contributed by atoms with Gasteiger partial charge in [0, 0.05) is 9.50 Å². The summed E-state index contributed by atoms with van der Waals surface area (Å²) in [5.41, 5.74) is 4.53. The van der Waals surface area contributed by atoms with Crippen LogP contribution in [-0.4, -0.2) is 25.1 Å². The van der Waals surface area contributed by atoms with Gasteiger partial charge in [0.1, 0.15) is 13.0 Å². The van der Waals surface area contributed by atoms with Gasteiger partial charge >= 0.3 is 0 Å². The van der Waals surface area contributed by atoms with E-state index >= 15 is 0 Å². The Morgan fingerprint density at radius 1 is 1.03 bits per heavy atom. The quantitative estimate of drug-likeness (QED) is 0.179. The van der Waals surface area contributed by atoms with Gasteiger partial charge in [0.25, 0.3) is 0 Å². The summed E-state index contributed by atoms with van der Waals surface area (Å²) in [5.74, 6) is 0.0206. The molecule has 0 heterocycles. The number of nitrogens with zero attached hydrogens (tertiary/aromatic N) is 1. The number of halogens is 3. The molecular formula is C24H20Br2ClN3O4. The van der Waals surface area contributed by atoms with Crippen molar-refractivity contribution in [3.8, 4) is 11.5 Å². The van der Waals surface area contributed by atoms with E-state index in [0.29, 0.717) is 38.9 Å². The summed E-state index contributed by atoms with van der Waals surface area (Å²) < 4.78 is 12.7. The van der Waals surface area contributed by atoms with Gasteiger partial charge in [0.05, 0.1) is 23.5 Å². The Hall–Kier alpha value is -2.88. The Morgan fingerprint density at radius 3 is 2.47 bits per heavy atom. The highest BCUT2D eigenvalue weighted by atomic mass is 79.9. The average Bonchev–Trinajstić information content (AvgIpc) is 2.80. The van der Waals surface area contributed by atoms with E-state index < -0.39 is 11.8 Å². The molecule has 3 aromatic rings. The zero-order valence-electron chi connectivity index (χ0n) is 18.0. The van der Waals surface area contributed by atoms with Crippen molar-refractivity contribution >= 4 is 67.2 Å². The molecule has 0 radical (unpaired) electrons. The van der Waals surface area contributed by atoms with Crippen molar-refractivity contribution in [2.24, 2.45) is 5.10 Å². The van der Waals surface area contributed by atoms with E-state index in [1.807, 2.05) is 18.2 Å². The zero-order chi connectivity index (χ0) is 24.5. The molecule has 0 aliphatic carbocycles. The number of amides is 2. The minimum atomic E-state index is -0.547. The Bertz CT molecular complexity index is 1200. The Morgan fingerprint density at radius 2 is 1.76 bits per heavy atom. The molecular weight excluding hydrogens is 590 g/mol. The first-order chi connectivity index (χ1) is 16.4. The van der Waals surface area contributed by atoms with Crippen molar-refractivity contribution in [2.45, 2.75) is 13.0 Å². The monoisotopic (exact) mass is 607 g/mol. The fourth-order valence-corrected chi connectivity index (χ4v) is 3.90. The lowest BCUT2D eigenvalue weighted by atomic mass is 10.2. The molecule has 2 amide bonds. The number of methoxy groups -OCH3 is 1. The second kappa shape index (κ2) is 12.5. The molecule has 0 spiro atoms. The van der Waals surface area contributed by atoms with Crippen LogP contribution in [0.2, 0.25) is 5.02 Å². The van der Waals surface area contributed by atoms with Gasteiger partial charge in [-0.3, -0.25) is 9.59 Å². The molecule has 0 fully saturated rings. The lowest BCUT2D eigenvalue weighted by Gasteiger charge is -2.13. The van der Waals surface area contributed by atoms with Crippen LogP contribution in [0, 0.1) is 0 Å². The number of anilines is 1. The predicted octanol–water partition coefficient (Wildman–Crippen LogP) is 5.93. The third-order valence-electron chi connectivity index (χ3n) is 4.42. The number of carbonyl (C=O) groups excluding carboxylic acids is 2. The molecule has 10 heteroatoms. The molecule has 34 heavy (non-hydrogen) atoms. The van der Waals surface area contributed by atoms with Crippen LogP contribution in [0.5, 0.6) is 11.5 Å². The fraction of sp³-hybridized carbons (Fsp3) is 0.125. The average molecular weight is 610 g/mol. The standard InChI is InChI=1S/C24H20Br2ClN3O4/c1-33-21-11-16(10-19(26)24(21)34-14-15-6-8-17(27)9-7-15)13-28-30-23(32)12-22(31)29-20-5-3-2-4-18(20)25/h2-11,13H,12,14H2,1H3,(H,29,31)(H,30,32). The van der Waals surface area contributed by atoms with Crippen LogP contribution in [0.15, 0.2) is 74.7 Å². The molecule has 0 saturated heterocycles. The van der Waals surface area contributed by atoms with Crippen molar-refractivity contribution in [1.82, 2.24) is 5.43 Å². The van der Waals surface area contributed by atoms with Crippen molar-refractivity contribution < 1.29 is 19.1 Å². The maximum absolute atomic E-state index is 12.1. The highest BCUT2D eigenvalue weighted by Gasteiger charge is 2.13.